The van der Waals surface area contributed by atoms with Gasteiger partial charge in [0.25, 0.3) is 0 Å². The van der Waals surface area contributed by atoms with E-state index in [2.05, 4.69) is 39.5 Å². The molecule has 0 unspecified atom stereocenters. The van der Waals surface area contributed by atoms with Crippen LogP contribution in [0.4, 0.5) is 17.2 Å². The van der Waals surface area contributed by atoms with Crippen LogP contribution in [0.5, 0.6) is 0 Å². The molecule has 1 aliphatic rings. The predicted molar refractivity (Wildman–Crippen MR) is 143 cm³/mol. The van der Waals surface area contributed by atoms with E-state index in [0.29, 0.717) is 23.8 Å². The van der Waals surface area contributed by atoms with Gasteiger partial charge in [-0.15, -0.1) is 0 Å². The fourth-order valence-corrected chi connectivity index (χ4v) is 5.70. The molecule has 1 fully saturated rings. The molecular weight excluding hydrogens is 474 g/mol. The second-order valence-corrected chi connectivity index (χ2v) is 12.0. The zero-order chi connectivity index (χ0) is 25.3. The van der Waals surface area contributed by atoms with Crippen LogP contribution in [-0.2, 0) is 16.3 Å². The number of nitrogens with zero attached hydrogens (tertiary/aromatic N) is 3. The smallest absolute Gasteiger partial charge is 0.182 e. The number of rotatable bonds is 7. The Morgan fingerprint density at radius 2 is 1.78 bits per heavy atom. The van der Waals surface area contributed by atoms with Crippen molar-refractivity contribution in [2.24, 2.45) is 0 Å². The molecule has 0 amide bonds. The average molecular weight is 506 g/mol. The van der Waals surface area contributed by atoms with Gasteiger partial charge >= 0.3 is 0 Å². The van der Waals surface area contributed by atoms with Crippen LogP contribution in [-0.4, -0.2) is 52.9 Å². The normalized spacial score (nSPS) is 15.1. The van der Waals surface area contributed by atoms with Gasteiger partial charge in [-0.1, -0.05) is 24.3 Å². The lowest BCUT2D eigenvalue weighted by atomic mass is 10.1. The van der Waals surface area contributed by atoms with Crippen LogP contribution in [0.25, 0.3) is 11.0 Å². The predicted octanol–water partition coefficient (Wildman–Crippen LogP) is 4.44. The first-order valence-corrected chi connectivity index (χ1v) is 13.8. The van der Waals surface area contributed by atoms with Crippen LogP contribution in [0.15, 0.2) is 65.7 Å². The third kappa shape index (κ3) is 4.94. The fourth-order valence-electron chi connectivity index (χ4n) is 4.49. The Labute approximate surface area is 211 Å². The van der Waals surface area contributed by atoms with Crippen LogP contribution < -0.4 is 10.2 Å². The molecule has 1 saturated heterocycles. The molecule has 0 bridgehead atoms. The standard InChI is InChI=1S/C27H31N5O3S/c1-18(2)36(34,35)24-6-4-3-5-22(24)30-27-26-23(11-14-28-26)29-25(31-27)17-19-7-9-20(10-8-19)32-15-12-21(33)13-16-32/h3-11,14,18,21,28,33H,12-13,15-17H2,1-2H3,(H,29,30,31). The summed E-state index contributed by atoms with van der Waals surface area (Å²) in [6.07, 6.45) is 3.74. The molecule has 1 aliphatic heterocycles. The molecule has 0 radical (unpaired) electrons. The molecule has 0 spiro atoms. The number of benzene rings is 2. The highest BCUT2D eigenvalue weighted by molar-refractivity contribution is 7.92. The second-order valence-electron chi connectivity index (χ2n) is 9.50. The highest BCUT2D eigenvalue weighted by Gasteiger charge is 2.23. The van der Waals surface area contributed by atoms with Crippen molar-refractivity contribution in [2.75, 3.05) is 23.3 Å². The Kier molecular flexibility index (Phi) is 6.68. The van der Waals surface area contributed by atoms with Crippen molar-refractivity contribution >= 4 is 38.1 Å². The van der Waals surface area contributed by atoms with Gasteiger partial charge in [-0.3, -0.25) is 0 Å². The summed E-state index contributed by atoms with van der Waals surface area (Å²) in [4.78, 5) is 15.2. The van der Waals surface area contributed by atoms with Gasteiger partial charge in [0.1, 0.15) is 11.3 Å². The van der Waals surface area contributed by atoms with E-state index < -0.39 is 15.1 Å². The monoisotopic (exact) mass is 505 g/mol. The number of aliphatic hydroxyl groups excluding tert-OH is 1. The van der Waals surface area contributed by atoms with E-state index >= 15 is 0 Å². The lowest BCUT2D eigenvalue weighted by Crippen LogP contribution is -2.35. The molecule has 0 atom stereocenters. The Morgan fingerprint density at radius 1 is 1.06 bits per heavy atom. The zero-order valence-electron chi connectivity index (χ0n) is 20.5. The SMILES string of the molecule is CC(C)S(=O)(=O)c1ccccc1Nc1nc(Cc2ccc(N3CCC(O)CC3)cc2)nc2cc[nH]c12. The third-order valence-corrected chi connectivity index (χ3v) is 8.86. The van der Waals surface area contributed by atoms with Crippen molar-refractivity contribution < 1.29 is 13.5 Å². The number of aliphatic hydroxyl groups is 1. The number of H-pyrrole nitrogens is 1. The molecule has 8 nitrogen and oxygen atoms in total. The molecule has 0 saturated carbocycles. The lowest BCUT2D eigenvalue weighted by molar-refractivity contribution is 0.145. The summed E-state index contributed by atoms with van der Waals surface area (Å²) < 4.78 is 25.9. The maximum absolute atomic E-state index is 12.9. The van der Waals surface area contributed by atoms with E-state index in [1.165, 1.54) is 0 Å². The lowest BCUT2D eigenvalue weighted by Gasteiger charge is -2.31. The Hall–Kier alpha value is -3.43. The second kappa shape index (κ2) is 9.91. The summed E-state index contributed by atoms with van der Waals surface area (Å²) in [5, 5.41) is 12.5. The first-order chi connectivity index (χ1) is 17.3. The topological polar surface area (TPSA) is 111 Å². The molecule has 4 aromatic rings. The van der Waals surface area contributed by atoms with Gasteiger partial charge < -0.3 is 20.3 Å². The Bertz CT molecular complexity index is 1460. The summed E-state index contributed by atoms with van der Waals surface area (Å²) in [6.45, 7) is 5.07. The molecule has 9 heteroatoms. The van der Waals surface area contributed by atoms with Crippen LogP contribution in [0, 0.1) is 0 Å². The number of aromatic amines is 1. The number of hydrogen-bond donors (Lipinski definition) is 3. The molecule has 3 heterocycles. The molecule has 3 N–H and O–H groups in total. The number of piperidine rings is 1. The van der Waals surface area contributed by atoms with Gasteiger partial charge in [-0.2, -0.15) is 0 Å². The van der Waals surface area contributed by atoms with Gasteiger partial charge in [0.15, 0.2) is 15.7 Å². The van der Waals surface area contributed by atoms with Crippen molar-refractivity contribution in [3.8, 4) is 0 Å². The number of nitrogens with one attached hydrogen (secondary N) is 2. The molecule has 0 aliphatic carbocycles. The van der Waals surface area contributed by atoms with Gasteiger partial charge in [0.2, 0.25) is 0 Å². The number of hydrogen-bond acceptors (Lipinski definition) is 7. The minimum absolute atomic E-state index is 0.193. The third-order valence-electron chi connectivity index (χ3n) is 6.65. The maximum Gasteiger partial charge on any atom is 0.182 e. The quantitative estimate of drug-likeness (QED) is 0.341. The van der Waals surface area contributed by atoms with E-state index in [1.807, 2.05) is 6.07 Å². The Morgan fingerprint density at radius 3 is 2.50 bits per heavy atom. The van der Waals surface area contributed by atoms with Gasteiger partial charge in [0.05, 0.1) is 27.5 Å². The molecule has 5 rings (SSSR count). The first kappa shape index (κ1) is 24.3. The van der Waals surface area contributed by atoms with Crippen LogP contribution in [0.1, 0.15) is 38.1 Å². The van der Waals surface area contributed by atoms with Crippen molar-refractivity contribution in [3.05, 3.63) is 72.2 Å². The van der Waals surface area contributed by atoms with E-state index in [0.717, 1.165) is 48.2 Å². The summed E-state index contributed by atoms with van der Waals surface area (Å²) in [5.74, 6) is 1.18. The van der Waals surface area contributed by atoms with Crippen LogP contribution >= 0.6 is 0 Å². The molecular formula is C27H31N5O3S. The molecule has 2 aromatic heterocycles. The zero-order valence-corrected chi connectivity index (χ0v) is 21.3. The molecule has 36 heavy (non-hydrogen) atoms. The van der Waals surface area contributed by atoms with Gasteiger partial charge in [0, 0.05) is 31.4 Å². The maximum atomic E-state index is 12.9. The van der Waals surface area contributed by atoms with Crippen molar-refractivity contribution in [1.29, 1.82) is 0 Å². The minimum Gasteiger partial charge on any atom is -0.393 e. The minimum atomic E-state index is -3.48. The van der Waals surface area contributed by atoms with Gasteiger partial charge in [-0.25, -0.2) is 18.4 Å². The fraction of sp³-hybridized carbons (Fsp3) is 0.333. The first-order valence-electron chi connectivity index (χ1n) is 12.3. The number of aromatic nitrogens is 3. The van der Waals surface area contributed by atoms with Crippen molar-refractivity contribution in [3.63, 3.8) is 0 Å². The van der Waals surface area contributed by atoms with Gasteiger partial charge in [-0.05, 0) is 62.6 Å². The summed E-state index contributed by atoms with van der Waals surface area (Å²) in [5.41, 5.74) is 4.20. The van der Waals surface area contributed by atoms with E-state index in [1.54, 1.807) is 44.3 Å². The van der Waals surface area contributed by atoms with Crippen molar-refractivity contribution in [2.45, 2.75) is 49.4 Å². The average Bonchev–Trinajstić information content (AvgIpc) is 3.34. The van der Waals surface area contributed by atoms with Crippen LogP contribution in [0.2, 0.25) is 0 Å². The number of fused-ring (bicyclic) bond motifs is 1. The van der Waals surface area contributed by atoms with Crippen LogP contribution in [0.3, 0.4) is 0 Å². The highest BCUT2D eigenvalue weighted by Crippen LogP contribution is 2.30. The summed E-state index contributed by atoms with van der Waals surface area (Å²) in [6, 6.07) is 17.2. The number of para-hydroxylation sites is 1. The molecule has 188 valence electrons. The van der Waals surface area contributed by atoms with E-state index in [-0.39, 0.29) is 11.0 Å². The van der Waals surface area contributed by atoms with E-state index in [4.69, 9.17) is 9.97 Å². The number of sulfone groups is 1. The number of anilines is 3. The largest absolute Gasteiger partial charge is 0.393 e. The summed E-state index contributed by atoms with van der Waals surface area (Å²) in [7, 11) is -3.48. The summed E-state index contributed by atoms with van der Waals surface area (Å²) >= 11 is 0. The van der Waals surface area contributed by atoms with Crippen molar-refractivity contribution in [1.82, 2.24) is 15.0 Å². The Balaban J connectivity index is 1.41. The molecule has 2 aromatic carbocycles. The van der Waals surface area contributed by atoms with E-state index in [9.17, 15) is 13.5 Å². The highest BCUT2D eigenvalue weighted by atomic mass is 32.2.